The first kappa shape index (κ1) is 16.2. The number of aryl methyl sites for hydroxylation is 1. The minimum absolute atomic E-state index is 0.493. The van der Waals surface area contributed by atoms with E-state index in [0.717, 1.165) is 30.8 Å². The maximum absolute atomic E-state index is 6.00. The average Bonchev–Trinajstić information content (AvgIpc) is 2.46. The molecule has 4 heteroatoms. The molecule has 0 bridgehead atoms. The van der Waals surface area contributed by atoms with Gasteiger partial charge in [0.2, 0.25) is 0 Å². The first-order valence-electron chi connectivity index (χ1n) is 7.03. The van der Waals surface area contributed by atoms with Gasteiger partial charge in [-0.05, 0) is 49.2 Å². The molecule has 2 aromatic rings. The Bertz CT molecular complexity index is 614. The second kappa shape index (κ2) is 7.69. The first-order chi connectivity index (χ1) is 10.1. The minimum atomic E-state index is 0.493. The SMILES string of the molecule is CCCNCc1ccc(Oc2ccc(Cl)c(Cl)c2)c(C)c1. The van der Waals surface area contributed by atoms with E-state index in [0.29, 0.717) is 15.8 Å². The van der Waals surface area contributed by atoms with Gasteiger partial charge in [0.05, 0.1) is 10.0 Å². The molecular weight excluding hydrogens is 305 g/mol. The molecule has 0 aliphatic heterocycles. The quantitative estimate of drug-likeness (QED) is 0.699. The molecular formula is C17H19Cl2NO. The van der Waals surface area contributed by atoms with E-state index in [1.165, 1.54) is 5.56 Å². The molecule has 2 rings (SSSR count). The maximum Gasteiger partial charge on any atom is 0.130 e. The highest BCUT2D eigenvalue weighted by atomic mass is 35.5. The van der Waals surface area contributed by atoms with Crippen molar-refractivity contribution in [2.45, 2.75) is 26.8 Å². The van der Waals surface area contributed by atoms with Crippen LogP contribution >= 0.6 is 23.2 Å². The molecule has 0 aromatic heterocycles. The average molecular weight is 324 g/mol. The van der Waals surface area contributed by atoms with Gasteiger partial charge in [-0.25, -0.2) is 0 Å². The Kier molecular flexibility index (Phi) is 5.92. The van der Waals surface area contributed by atoms with Crippen LogP contribution in [0.15, 0.2) is 36.4 Å². The van der Waals surface area contributed by atoms with Gasteiger partial charge in [-0.1, -0.05) is 42.3 Å². The summed E-state index contributed by atoms with van der Waals surface area (Å²) in [6.45, 7) is 6.10. The van der Waals surface area contributed by atoms with E-state index >= 15 is 0 Å². The molecule has 0 amide bonds. The summed E-state index contributed by atoms with van der Waals surface area (Å²) in [7, 11) is 0. The normalized spacial score (nSPS) is 10.7. The summed E-state index contributed by atoms with van der Waals surface area (Å²) in [6, 6.07) is 11.5. The van der Waals surface area contributed by atoms with Crippen LogP contribution in [0, 0.1) is 6.92 Å². The highest BCUT2D eigenvalue weighted by molar-refractivity contribution is 6.42. The van der Waals surface area contributed by atoms with Crippen LogP contribution in [-0.2, 0) is 6.54 Å². The topological polar surface area (TPSA) is 21.3 Å². The zero-order chi connectivity index (χ0) is 15.2. The third-order valence-corrected chi connectivity index (χ3v) is 3.85. The number of hydrogen-bond donors (Lipinski definition) is 1. The predicted octanol–water partition coefficient (Wildman–Crippen LogP) is 5.59. The molecule has 0 fully saturated rings. The van der Waals surface area contributed by atoms with Crippen molar-refractivity contribution in [1.29, 1.82) is 0 Å². The Balaban J connectivity index is 2.08. The van der Waals surface area contributed by atoms with Crippen LogP contribution in [0.25, 0.3) is 0 Å². The van der Waals surface area contributed by atoms with Crippen LogP contribution in [-0.4, -0.2) is 6.54 Å². The van der Waals surface area contributed by atoms with E-state index in [9.17, 15) is 0 Å². The number of rotatable bonds is 6. The summed E-state index contributed by atoms with van der Waals surface area (Å²) >= 11 is 11.9. The third-order valence-electron chi connectivity index (χ3n) is 3.11. The Labute approximate surface area is 136 Å². The van der Waals surface area contributed by atoms with Crippen molar-refractivity contribution in [2.75, 3.05) is 6.54 Å². The standard InChI is InChI=1S/C17H19Cl2NO/c1-3-8-20-11-13-4-7-17(12(2)9-13)21-14-5-6-15(18)16(19)10-14/h4-7,9-10,20H,3,8,11H2,1-2H3. The molecule has 0 radical (unpaired) electrons. The van der Waals surface area contributed by atoms with E-state index in [-0.39, 0.29) is 0 Å². The fraction of sp³-hybridized carbons (Fsp3) is 0.294. The van der Waals surface area contributed by atoms with Crippen LogP contribution < -0.4 is 10.1 Å². The van der Waals surface area contributed by atoms with E-state index in [4.69, 9.17) is 27.9 Å². The van der Waals surface area contributed by atoms with Crippen molar-refractivity contribution >= 4 is 23.2 Å². The van der Waals surface area contributed by atoms with E-state index in [2.05, 4.69) is 24.4 Å². The molecule has 0 saturated carbocycles. The van der Waals surface area contributed by atoms with Crippen LogP contribution in [0.5, 0.6) is 11.5 Å². The van der Waals surface area contributed by atoms with Gasteiger partial charge in [0.1, 0.15) is 11.5 Å². The highest BCUT2D eigenvalue weighted by Crippen LogP contribution is 2.31. The van der Waals surface area contributed by atoms with Gasteiger partial charge in [0.15, 0.2) is 0 Å². The van der Waals surface area contributed by atoms with Gasteiger partial charge in [0, 0.05) is 12.6 Å². The number of nitrogens with one attached hydrogen (secondary N) is 1. The number of halogens is 2. The monoisotopic (exact) mass is 323 g/mol. The molecule has 2 nitrogen and oxygen atoms in total. The molecule has 1 N–H and O–H groups in total. The lowest BCUT2D eigenvalue weighted by Gasteiger charge is -2.11. The lowest BCUT2D eigenvalue weighted by atomic mass is 10.1. The van der Waals surface area contributed by atoms with E-state index < -0.39 is 0 Å². The summed E-state index contributed by atoms with van der Waals surface area (Å²) in [6.07, 6.45) is 1.14. The molecule has 0 aliphatic carbocycles. The van der Waals surface area contributed by atoms with Crippen LogP contribution in [0.1, 0.15) is 24.5 Å². The summed E-state index contributed by atoms with van der Waals surface area (Å²) in [5.41, 5.74) is 2.35. The lowest BCUT2D eigenvalue weighted by molar-refractivity contribution is 0.478. The molecule has 0 aliphatic rings. The Morgan fingerprint density at radius 1 is 1.05 bits per heavy atom. The molecule has 112 valence electrons. The molecule has 21 heavy (non-hydrogen) atoms. The molecule has 0 saturated heterocycles. The predicted molar refractivity (Wildman–Crippen MR) is 89.7 cm³/mol. The van der Waals surface area contributed by atoms with Crippen LogP contribution in [0.2, 0.25) is 10.0 Å². The minimum Gasteiger partial charge on any atom is -0.457 e. The Morgan fingerprint density at radius 2 is 1.86 bits per heavy atom. The first-order valence-corrected chi connectivity index (χ1v) is 7.79. The summed E-state index contributed by atoms with van der Waals surface area (Å²) in [5.74, 6) is 1.51. The summed E-state index contributed by atoms with van der Waals surface area (Å²) in [5, 5.41) is 4.41. The van der Waals surface area contributed by atoms with E-state index in [1.54, 1.807) is 12.1 Å². The third kappa shape index (κ3) is 4.63. The second-order valence-corrected chi connectivity index (χ2v) is 5.77. The maximum atomic E-state index is 6.00. The van der Waals surface area contributed by atoms with Gasteiger partial charge in [-0.3, -0.25) is 0 Å². The van der Waals surface area contributed by atoms with Crippen LogP contribution in [0.3, 0.4) is 0 Å². The van der Waals surface area contributed by atoms with Crippen molar-refractivity contribution in [2.24, 2.45) is 0 Å². The Hall–Kier alpha value is -1.22. The van der Waals surface area contributed by atoms with Crippen molar-refractivity contribution in [3.8, 4) is 11.5 Å². The number of hydrogen-bond acceptors (Lipinski definition) is 2. The molecule has 2 aromatic carbocycles. The van der Waals surface area contributed by atoms with Crippen LogP contribution in [0.4, 0.5) is 0 Å². The largest absolute Gasteiger partial charge is 0.457 e. The number of ether oxygens (including phenoxy) is 1. The van der Waals surface area contributed by atoms with E-state index in [1.807, 2.05) is 19.1 Å². The van der Waals surface area contributed by atoms with Crippen molar-refractivity contribution in [3.63, 3.8) is 0 Å². The van der Waals surface area contributed by atoms with Gasteiger partial charge in [-0.2, -0.15) is 0 Å². The smallest absolute Gasteiger partial charge is 0.130 e. The zero-order valence-corrected chi connectivity index (χ0v) is 13.8. The van der Waals surface area contributed by atoms with Crippen molar-refractivity contribution in [3.05, 3.63) is 57.6 Å². The molecule has 0 atom stereocenters. The Morgan fingerprint density at radius 3 is 2.52 bits per heavy atom. The zero-order valence-electron chi connectivity index (χ0n) is 12.2. The lowest BCUT2D eigenvalue weighted by Crippen LogP contribution is -2.13. The fourth-order valence-electron chi connectivity index (χ4n) is 2.01. The molecule has 0 spiro atoms. The molecule has 0 heterocycles. The molecule has 0 unspecified atom stereocenters. The highest BCUT2D eigenvalue weighted by Gasteiger charge is 2.05. The van der Waals surface area contributed by atoms with Crippen molar-refractivity contribution in [1.82, 2.24) is 5.32 Å². The van der Waals surface area contributed by atoms with Gasteiger partial charge in [0.25, 0.3) is 0 Å². The van der Waals surface area contributed by atoms with Crippen molar-refractivity contribution < 1.29 is 4.74 Å². The fourth-order valence-corrected chi connectivity index (χ4v) is 2.30. The summed E-state index contributed by atoms with van der Waals surface area (Å²) < 4.78 is 5.86. The summed E-state index contributed by atoms with van der Waals surface area (Å²) in [4.78, 5) is 0. The van der Waals surface area contributed by atoms with Gasteiger partial charge < -0.3 is 10.1 Å². The number of benzene rings is 2. The van der Waals surface area contributed by atoms with Gasteiger partial charge in [-0.15, -0.1) is 0 Å². The van der Waals surface area contributed by atoms with Gasteiger partial charge >= 0.3 is 0 Å². The second-order valence-electron chi connectivity index (χ2n) is 4.95.